The predicted octanol–water partition coefficient (Wildman–Crippen LogP) is 5.49. The number of anilines is 1. The van der Waals surface area contributed by atoms with E-state index in [0.29, 0.717) is 18.1 Å². The average Bonchev–Trinajstić information content (AvgIpc) is 3.49. The van der Waals surface area contributed by atoms with Crippen molar-refractivity contribution in [1.29, 1.82) is 0 Å². The number of nitrogens with one attached hydrogen (secondary N) is 2. The molecule has 36 heavy (non-hydrogen) atoms. The Balaban J connectivity index is 1.46. The molecule has 2 aromatic heterocycles. The van der Waals surface area contributed by atoms with Gasteiger partial charge in [0.2, 0.25) is 5.91 Å². The molecule has 0 spiro atoms. The normalized spacial score (nSPS) is 17.2. The lowest BCUT2D eigenvalue weighted by Gasteiger charge is -2.29. The molecule has 2 N–H and O–H groups in total. The summed E-state index contributed by atoms with van der Waals surface area (Å²) in [5, 5.41) is 7.15. The van der Waals surface area contributed by atoms with Crippen LogP contribution in [0.1, 0.15) is 41.0 Å². The Hall–Kier alpha value is -3.97. The molecule has 1 aliphatic rings. The van der Waals surface area contributed by atoms with E-state index in [1.807, 2.05) is 61.5 Å². The molecule has 0 aliphatic carbocycles. The second kappa shape index (κ2) is 10.3. The van der Waals surface area contributed by atoms with Crippen molar-refractivity contribution in [3.05, 3.63) is 114 Å². The van der Waals surface area contributed by atoms with Crippen molar-refractivity contribution in [3.8, 4) is 5.69 Å². The minimum absolute atomic E-state index is 0.0403. The summed E-state index contributed by atoms with van der Waals surface area (Å²) in [7, 11) is 0. The van der Waals surface area contributed by atoms with Gasteiger partial charge in [-0.2, -0.15) is 0 Å². The van der Waals surface area contributed by atoms with Crippen LogP contribution in [0.5, 0.6) is 0 Å². The molecule has 3 heterocycles. The minimum atomic E-state index is -0.143. The van der Waals surface area contributed by atoms with Crippen molar-refractivity contribution < 1.29 is 4.79 Å². The number of hydrogen-bond donors (Lipinski definition) is 2. The lowest BCUT2D eigenvalue weighted by Crippen LogP contribution is -2.33. The number of carbonyl (C=O) groups excluding carboxylic acids is 1. The first-order valence-corrected chi connectivity index (χ1v) is 12.5. The summed E-state index contributed by atoms with van der Waals surface area (Å²) in [6.45, 7) is 4.58. The largest absolute Gasteiger partial charge is 0.352 e. The zero-order chi connectivity index (χ0) is 25.1. The first kappa shape index (κ1) is 23.8. The van der Waals surface area contributed by atoms with Gasteiger partial charge in [0.25, 0.3) is 0 Å². The molecule has 182 valence electrons. The Morgan fingerprint density at radius 1 is 0.972 bits per heavy atom. The van der Waals surface area contributed by atoms with Gasteiger partial charge in [0.1, 0.15) is 0 Å². The number of aryl methyl sites for hydroxylation is 2. The van der Waals surface area contributed by atoms with E-state index in [1.54, 1.807) is 6.20 Å². The summed E-state index contributed by atoms with van der Waals surface area (Å²) < 4.78 is 2.21. The number of carbonyl (C=O) groups is 1. The van der Waals surface area contributed by atoms with Crippen LogP contribution < -0.4 is 10.6 Å². The Labute approximate surface area is 217 Å². The number of para-hydroxylation sites is 2. The van der Waals surface area contributed by atoms with Gasteiger partial charge >= 0.3 is 0 Å². The average molecular weight is 496 g/mol. The molecular formula is C29H29N5OS. The fourth-order valence-corrected chi connectivity index (χ4v) is 5.14. The number of rotatable bonds is 7. The molecule has 2 aromatic carbocycles. The summed E-state index contributed by atoms with van der Waals surface area (Å²) in [4.78, 5) is 19.6. The molecule has 1 aliphatic heterocycles. The summed E-state index contributed by atoms with van der Waals surface area (Å²) in [6.07, 6.45) is 4.19. The molecule has 1 fully saturated rings. The van der Waals surface area contributed by atoms with E-state index in [0.717, 1.165) is 28.3 Å². The van der Waals surface area contributed by atoms with Gasteiger partial charge < -0.3 is 20.1 Å². The van der Waals surface area contributed by atoms with Crippen LogP contribution in [0.4, 0.5) is 5.69 Å². The summed E-state index contributed by atoms with van der Waals surface area (Å²) in [5.74, 6) is -0.0403. The van der Waals surface area contributed by atoms with E-state index >= 15 is 0 Å². The number of aromatic nitrogens is 2. The van der Waals surface area contributed by atoms with Crippen LogP contribution in [0.3, 0.4) is 0 Å². The topological polar surface area (TPSA) is 62.2 Å². The van der Waals surface area contributed by atoms with Gasteiger partial charge in [-0.1, -0.05) is 42.5 Å². The number of hydrogen-bond acceptors (Lipinski definition) is 3. The van der Waals surface area contributed by atoms with Crippen LogP contribution in [0.2, 0.25) is 0 Å². The highest BCUT2D eigenvalue weighted by Crippen LogP contribution is 2.39. The van der Waals surface area contributed by atoms with Crippen LogP contribution in [0.15, 0.2) is 91.3 Å². The van der Waals surface area contributed by atoms with Crippen LogP contribution >= 0.6 is 12.2 Å². The molecule has 7 heteroatoms. The molecular weight excluding hydrogens is 466 g/mol. The van der Waals surface area contributed by atoms with E-state index in [2.05, 4.69) is 62.5 Å². The van der Waals surface area contributed by atoms with Gasteiger partial charge in [0.15, 0.2) is 5.11 Å². The zero-order valence-corrected chi connectivity index (χ0v) is 21.2. The first-order chi connectivity index (χ1) is 17.5. The Morgan fingerprint density at radius 3 is 2.47 bits per heavy atom. The molecule has 2 atom stereocenters. The summed E-state index contributed by atoms with van der Waals surface area (Å²) in [6, 6.07) is 26.0. The zero-order valence-electron chi connectivity index (χ0n) is 20.4. The minimum Gasteiger partial charge on any atom is -0.352 e. The van der Waals surface area contributed by atoms with Crippen LogP contribution in [-0.4, -0.2) is 32.0 Å². The van der Waals surface area contributed by atoms with Crippen molar-refractivity contribution in [1.82, 2.24) is 19.8 Å². The van der Waals surface area contributed by atoms with Crippen LogP contribution in [0.25, 0.3) is 5.69 Å². The van der Waals surface area contributed by atoms with Crippen molar-refractivity contribution in [2.24, 2.45) is 0 Å². The van der Waals surface area contributed by atoms with E-state index < -0.39 is 0 Å². The fourth-order valence-electron chi connectivity index (χ4n) is 4.80. The van der Waals surface area contributed by atoms with E-state index in [-0.39, 0.29) is 18.0 Å². The smallest absolute Gasteiger partial charge is 0.226 e. The number of amides is 1. The number of thiocarbonyl (C=S) groups is 1. The Morgan fingerprint density at radius 2 is 1.72 bits per heavy atom. The van der Waals surface area contributed by atoms with Crippen molar-refractivity contribution >= 4 is 28.9 Å². The van der Waals surface area contributed by atoms with Gasteiger partial charge in [0.05, 0.1) is 17.8 Å². The maximum atomic E-state index is 12.9. The van der Waals surface area contributed by atoms with Gasteiger partial charge in [-0.3, -0.25) is 9.78 Å². The summed E-state index contributed by atoms with van der Waals surface area (Å²) in [5.41, 5.74) is 6.17. The third kappa shape index (κ3) is 4.75. The van der Waals surface area contributed by atoms with Crippen LogP contribution in [-0.2, 0) is 4.79 Å². The molecule has 0 bridgehead atoms. The summed E-state index contributed by atoms with van der Waals surface area (Å²) >= 11 is 5.80. The lowest BCUT2D eigenvalue weighted by atomic mass is 10.0. The maximum Gasteiger partial charge on any atom is 0.226 e. The number of nitrogens with zero attached hydrogens (tertiary/aromatic N) is 3. The Kier molecular flexibility index (Phi) is 6.82. The first-order valence-electron chi connectivity index (χ1n) is 12.1. The molecule has 1 amide bonds. The second-order valence-electron chi connectivity index (χ2n) is 9.02. The van der Waals surface area contributed by atoms with Gasteiger partial charge in [-0.25, -0.2) is 0 Å². The lowest BCUT2D eigenvalue weighted by molar-refractivity contribution is -0.116. The molecule has 6 nitrogen and oxygen atoms in total. The number of pyridine rings is 1. The third-order valence-corrected chi connectivity index (χ3v) is 7.01. The van der Waals surface area contributed by atoms with Gasteiger partial charge in [-0.05, 0) is 73.6 Å². The maximum absolute atomic E-state index is 12.9. The third-order valence-electron chi connectivity index (χ3n) is 6.66. The molecule has 0 unspecified atom stereocenters. The van der Waals surface area contributed by atoms with Gasteiger partial charge in [0, 0.05) is 42.4 Å². The van der Waals surface area contributed by atoms with E-state index in [4.69, 9.17) is 12.2 Å². The van der Waals surface area contributed by atoms with E-state index in [1.165, 1.54) is 5.56 Å². The molecule has 5 rings (SSSR count). The molecule has 1 saturated heterocycles. The monoisotopic (exact) mass is 495 g/mol. The highest BCUT2D eigenvalue weighted by molar-refractivity contribution is 7.80. The van der Waals surface area contributed by atoms with E-state index in [9.17, 15) is 4.79 Å². The highest BCUT2D eigenvalue weighted by atomic mass is 32.1. The molecule has 4 aromatic rings. The second-order valence-corrected chi connectivity index (χ2v) is 9.41. The SMILES string of the molecule is Cc1ccccc1NC(=O)CCN1C(=S)N[C@H](c2ccccn2)[C@H]1c1cccn1-c1ccccc1C. The predicted molar refractivity (Wildman–Crippen MR) is 147 cm³/mol. The quantitative estimate of drug-likeness (QED) is 0.332. The van der Waals surface area contributed by atoms with Crippen molar-refractivity contribution in [3.63, 3.8) is 0 Å². The molecule has 0 saturated carbocycles. The van der Waals surface area contributed by atoms with Crippen molar-refractivity contribution in [2.45, 2.75) is 32.4 Å². The molecule has 0 radical (unpaired) electrons. The fraction of sp³-hybridized carbons (Fsp3) is 0.207. The number of benzene rings is 2. The standard InChI is InChI=1S/C29H29N5OS/c1-20-10-3-5-12-22(20)31-26(35)16-19-34-28(27(32-29(34)36)23-13-7-8-17-30-23)25-15-9-18-33(25)24-14-6-4-11-21(24)2/h3-15,17-18,27-28H,16,19H2,1-2H3,(H,31,35)(H,32,36)/t27-,28-/m1/s1. The Bertz CT molecular complexity index is 1380. The van der Waals surface area contributed by atoms with Gasteiger partial charge in [-0.15, -0.1) is 0 Å². The van der Waals surface area contributed by atoms with Crippen LogP contribution in [0, 0.1) is 13.8 Å². The van der Waals surface area contributed by atoms with Crippen molar-refractivity contribution in [2.75, 3.05) is 11.9 Å². The highest BCUT2D eigenvalue weighted by Gasteiger charge is 2.41.